The van der Waals surface area contributed by atoms with Crippen molar-refractivity contribution in [1.29, 1.82) is 0 Å². The molecule has 0 bridgehead atoms. The Morgan fingerprint density at radius 1 is 1.19 bits per heavy atom. The van der Waals surface area contributed by atoms with E-state index in [-0.39, 0.29) is 16.3 Å². The molecular weight excluding hydrogens is 311 g/mol. The Balaban J connectivity index is 2.14. The molecule has 2 aromatic rings. The lowest BCUT2D eigenvalue weighted by molar-refractivity contribution is 0.0955. The molecular formula is C15H12Cl2N2O2. The van der Waals surface area contributed by atoms with Crippen molar-refractivity contribution < 1.29 is 9.90 Å². The summed E-state index contributed by atoms with van der Waals surface area (Å²) in [4.78, 5) is 12.0. The van der Waals surface area contributed by atoms with Crippen molar-refractivity contribution in [2.45, 2.75) is 6.92 Å². The molecule has 0 heterocycles. The van der Waals surface area contributed by atoms with E-state index < -0.39 is 5.91 Å². The van der Waals surface area contributed by atoms with Gasteiger partial charge in [0.2, 0.25) is 0 Å². The van der Waals surface area contributed by atoms with E-state index in [1.165, 1.54) is 12.1 Å². The smallest absolute Gasteiger partial charge is 0.272 e. The van der Waals surface area contributed by atoms with E-state index in [1.54, 1.807) is 37.3 Å². The van der Waals surface area contributed by atoms with Gasteiger partial charge in [-0.15, -0.1) is 0 Å². The van der Waals surface area contributed by atoms with Crippen LogP contribution in [-0.2, 0) is 0 Å². The number of phenolic OH excluding ortho intramolecular Hbond substituents is 1. The fourth-order valence-corrected chi connectivity index (χ4v) is 2.16. The maximum Gasteiger partial charge on any atom is 0.272 e. The van der Waals surface area contributed by atoms with E-state index in [2.05, 4.69) is 10.5 Å². The third-order valence-corrected chi connectivity index (χ3v) is 3.31. The Bertz CT molecular complexity index is 715. The van der Waals surface area contributed by atoms with Crippen LogP contribution in [0.2, 0.25) is 10.0 Å². The number of aromatic hydroxyl groups is 1. The largest absolute Gasteiger partial charge is 0.508 e. The second kappa shape index (κ2) is 6.61. The van der Waals surface area contributed by atoms with Crippen LogP contribution in [0.4, 0.5) is 0 Å². The molecule has 2 N–H and O–H groups in total. The van der Waals surface area contributed by atoms with Gasteiger partial charge in [0.1, 0.15) is 5.75 Å². The number of carbonyl (C=O) groups is 1. The van der Waals surface area contributed by atoms with Gasteiger partial charge in [0.25, 0.3) is 5.91 Å². The molecule has 0 saturated carbocycles. The molecule has 0 aliphatic heterocycles. The average molecular weight is 323 g/mol. The number of amides is 1. The number of halogens is 2. The van der Waals surface area contributed by atoms with Crippen molar-refractivity contribution in [1.82, 2.24) is 5.43 Å². The number of benzene rings is 2. The molecule has 0 aliphatic carbocycles. The number of carbonyl (C=O) groups excluding carboxylic acids is 1. The molecule has 0 unspecified atom stereocenters. The van der Waals surface area contributed by atoms with Gasteiger partial charge < -0.3 is 5.11 Å². The lowest BCUT2D eigenvalue weighted by atomic mass is 10.1. The van der Waals surface area contributed by atoms with Crippen LogP contribution in [-0.4, -0.2) is 16.7 Å². The maximum atomic E-state index is 12.0. The first-order valence-electron chi connectivity index (χ1n) is 6.06. The van der Waals surface area contributed by atoms with Crippen molar-refractivity contribution >= 4 is 34.8 Å². The summed E-state index contributed by atoms with van der Waals surface area (Å²) in [6, 6.07) is 11.2. The normalized spacial score (nSPS) is 11.3. The van der Waals surface area contributed by atoms with Gasteiger partial charge >= 0.3 is 0 Å². The summed E-state index contributed by atoms with van der Waals surface area (Å²) in [5, 5.41) is 14.1. The zero-order valence-corrected chi connectivity index (χ0v) is 12.6. The van der Waals surface area contributed by atoms with Gasteiger partial charge in [0, 0.05) is 10.6 Å². The molecule has 108 valence electrons. The zero-order chi connectivity index (χ0) is 15.4. The topological polar surface area (TPSA) is 61.7 Å². The van der Waals surface area contributed by atoms with Crippen molar-refractivity contribution in [3.05, 3.63) is 63.6 Å². The second-order valence-electron chi connectivity index (χ2n) is 4.31. The summed E-state index contributed by atoms with van der Waals surface area (Å²) in [6.07, 6.45) is 0. The lowest BCUT2D eigenvalue weighted by Gasteiger charge is -2.05. The SMILES string of the molecule is C/C(=N/NC(=O)c1ccc(Cl)cc1Cl)c1cccc(O)c1. The van der Waals surface area contributed by atoms with Gasteiger partial charge in [-0.25, -0.2) is 5.43 Å². The van der Waals surface area contributed by atoms with Crippen molar-refractivity contribution in [3.8, 4) is 5.75 Å². The van der Waals surface area contributed by atoms with E-state index in [0.717, 1.165) is 0 Å². The Hall–Kier alpha value is -2.04. The number of hydrazone groups is 1. The lowest BCUT2D eigenvalue weighted by Crippen LogP contribution is -2.19. The van der Waals surface area contributed by atoms with E-state index >= 15 is 0 Å². The predicted octanol–water partition coefficient (Wildman–Crippen LogP) is 3.85. The number of nitrogens with one attached hydrogen (secondary N) is 1. The molecule has 0 atom stereocenters. The van der Waals surface area contributed by atoms with Crippen molar-refractivity contribution in [3.63, 3.8) is 0 Å². The van der Waals surface area contributed by atoms with Crippen LogP contribution in [0.5, 0.6) is 5.75 Å². The molecule has 0 saturated heterocycles. The fourth-order valence-electron chi connectivity index (χ4n) is 1.66. The number of nitrogens with zero attached hydrogens (tertiary/aromatic N) is 1. The highest BCUT2D eigenvalue weighted by atomic mass is 35.5. The van der Waals surface area contributed by atoms with Gasteiger partial charge in [0.15, 0.2) is 0 Å². The van der Waals surface area contributed by atoms with Gasteiger partial charge in [0.05, 0.1) is 16.3 Å². The van der Waals surface area contributed by atoms with Crippen LogP contribution >= 0.6 is 23.2 Å². The highest BCUT2D eigenvalue weighted by molar-refractivity contribution is 6.36. The van der Waals surface area contributed by atoms with E-state index in [1.807, 2.05) is 0 Å². The van der Waals surface area contributed by atoms with E-state index in [9.17, 15) is 9.90 Å². The van der Waals surface area contributed by atoms with Crippen LogP contribution < -0.4 is 5.43 Å². The number of hydrogen-bond acceptors (Lipinski definition) is 3. The Morgan fingerprint density at radius 3 is 2.62 bits per heavy atom. The van der Waals surface area contributed by atoms with Crippen LogP contribution in [0.1, 0.15) is 22.8 Å². The molecule has 0 fully saturated rings. The molecule has 2 aromatic carbocycles. The standard InChI is InChI=1S/C15H12Cl2N2O2/c1-9(10-3-2-4-12(20)7-10)18-19-15(21)13-6-5-11(16)8-14(13)17/h2-8,20H,1H3,(H,19,21)/b18-9-. The van der Waals surface area contributed by atoms with Crippen LogP contribution in [0.25, 0.3) is 0 Å². The molecule has 0 radical (unpaired) electrons. The Morgan fingerprint density at radius 2 is 1.95 bits per heavy atom. The quantitative estimate of drug-likeness (QED) is 0.666. The summed E-state index contributed by atoms with van der Waals surface area (Å²) < 4.78 is 0. The minimum atomic E-state index is -0.434. The average Bonchev–Trinajstić information content (AvgIpc) is 2.44. The monoisotopic (exact) mass is 322 g/mol. The third kappa shape index (κ3) is 3.97. The molecule has 4 nitrogen and oxygen atoms in total. The van der Waals surface area contributed by atoms with Crippen LogP contribution in [0.3, 0.4) is 0 Å². The summed E-state index contributed by atoms with van der Waals surface area (Å²) in [7, 11) is 0. The first-order valence-corrected chi connectivity index (χ1v) is 6.82. The fraction of sp³-hybridized carbons (Fsp3) is 0.0667. The summed E-state index contributed by atoms with van der Waals surface area (Å²) in [5.74, 6) is -0.301. The molecule has 2 rings (SSSR count). The molecule has 1 amide bonds. The Kier molecular flexibility index (Phi) is 4.83. The highest BCUT2D eigenvalue weighted by Gasteiger charge is 2.10. The predicted molar refractivity (Wildman–Crippen MR) is 84.2 cm³/mol. The summed E-state index contributed by atoms with van der Waals surface area (Å²) >= 11 is 11.7. The first-order chi connectivity index (χ1) is 9.97. The number of hydrogen-bond donors (Lipinski definition) is 2. The van der Waals surface area contributed by atoms with Crippen LogP contribution in [0.15, 0.2) is 47.6 Å². The number of phenols is 1. The van der Waals surface area contributed by atoms with Gasteiger partial charge in [-0.2, -0.15) is 5.10 Å². The molecule has 0 aliphatic rings. The van der Waals surface area contributed by atoms with Crippen molar-refractivity contribution in [2.75, 3.05) is 0 Å². The van der Waals surface area contributed by atoms with Crippen molar-refractivity contribution in [2.24, 2.45) is 5.10 Å². The van der Waals surface area contributed by atoms with Crippen LogP contribution in [0, 0.1) is 0 Å². The zero-order valence-electron chi connectivity index (χ0n) is 11.1. The minimum Gasteiger partial charge on any atom is -0.508 e. The second-order valence-corrected chi connectivity index (χ2v) is 5.16. The summed E-state index contributed by atoms with van der Waals surface area (Å²) in [6.45, 7) is 1.72. The molecule has 6 heteroatoms. The number of rotatable bonds is 3. The minimum absolute atomic E-state index is 0.133. The first kappa shape index (κ1) is 15.4. The van der Waals surface area contributed by atoms with Gasteiger partial charge in [-0.05, 0) is 37.3 Å². The maximum absolute atomic E-state index is 12.0. The summed E-state index contributed by atoms with van der Waals surface area (Å²) in [5.41, 5.74) is 3.97. The molecule has 0 spiro atoms. The van der Waals surface area contributed by atoms with Gasteiger partial charge in [-0.1, -0.05) is 35.3 Å². The highest BCUT2D eigenvalue weighted by Crippen LogP contribution is 2.20. The van der Waals surface area contributed by atoms with E-state index in [4.69, 9.17) is 23.2 Å². The Labute approximate surface area is 132 Å². The molecule has 0 aromatic heterocycles. The van der Waals surface area contributed by atoms with Gasteiger partial charge in [-0.3, -0.25) is 4.79 Å². The van der Waals surface area contributed by atoms with E-state index in [0.29, 0.717) is 16.3 Å². The third-order valence-electron chi connectivity index (χ3n) is 2.76. The molecule has 21 heavy (non-hydrogen) atoms.